The van der Waals surface area contributed by atoms with Gasteiger partial charge >= 0.3 is 0 Å². The Bertz CT molecular complexity index is 287. The summed E-state index contributed by atoms with van der Waals surface area (Å²) >= 11 is 0. The second-order valence-electron chi connectivity index (χ2n) is 3.57. The second kappa shape index (κ2) is 2.60. The zero-order valence-corrected chi connectivity index (χ0v) is 7.63. The minimum Gasteiger partial charge on any atom is -0.374 e. The molecule has 1 aromatic carbocycles. The van der Waals surface area contributed by atoms with E-state index >= 15 is 0 Å². The van der Waals surface area contributed by atoms with Crippen LogP contribution in [-0.2, 0) is 10.3 Å². The normalized spacial score (nSPS) is 19.2. The van der Waals surface area contributed by atoms with Crippen molar-refractivity contribution in [3.05, 3.63) is 35.4 Å². The highest BCUT2D eigenvalue weighted by atomic mass is 16.5. The molecule has 0 heterocycles. The Morgan fingerprint density at radius 1 is 1.33 bits per heavy atom. The molecule has 0 N–H and O–H groups in total. The van der Waals surface area contributed by atoms with E-state index in [1.54, 1.807) is 7.11 Å². The predicted molar refractivity (Wildman–Crippen MR) is 49.1 cm³/mol. The third kappa shape index (κ3) is 1.14. The smallest absolute Gasteiger partial charge is 0.0930 e. The van der Waals surface area contributed by atoms with Gasteiger partial charge in [0.05, 0.1) is 5.60 Å². The van der Waals surface area contributed by atoms with Crippen molar-refractivity contribution < 1.29 is 4.74 Å². The molecule has 1 aliphatic rings. The summed E-state index contributed by atoms with van der Waals surface area (Å²) in [6, 6.07) is 8.60. The quantitative estimate of drug-likeness (QED) is 0.649. The Balaban J connectivity index is 2.34. The van der Waals surface area contributed by atoms with Gasteiger partial charge in [0.15, 0.2) is 0 Å². The lowest BCUT2D eigenvalue weighted by Gasteiger charge is -2.13. The molecule has 1 aliphatic carbocycles. The third-order valence-corrected chi connectivity index (χ3v) is 2.64. The molecule has 1 heteroatoms. The molecule has 2 rings (SSSR count). The Hall–Kier alpha value is -0.820. The summed E-state index contributed by atoms with van der Waals surface area (Å²) in [6.07, 6.45) is 2.35. The summed E-state index contributed by atoms with van der Waals surface area (Å²) in [4.78, 5) is 0. The molecule has 1 nitrogen and oxygen atoms in total. The predicted octanol–water partition coefficient (Wildman–Crippen LogP) is 2.63. The number of hydrogen-bond acceptors (Lipinski definition) is 1. The highest BCUT2D eigenvalue weighted by Crippen LogP contribution is 2.48. The van der Waals surface area contributed by atoms with E-state index in [9.17, 15) is 0 Å². The molecule has 1 saturated carbocycles. The first-order valence-corrected chi connectivity index (χ1v) is 4.39. The zero-order chi connectivity index (χ0) is 8.60. The molecule has 0 bridgehead atoms. The van der Waals surface area contributed by atoms with Crippen LogP contribution in [0.2, 0.25) is 0 Å². The van der Waals surface area contributed by atoms with E-state index in [0.29, 0.717) is 0 Å². The molecule has 0 saturated heterocycles. The van der Waals surface area contributed by atoms with Crippen LogP contribution in [0.3, 0.4) is 0 Å². The highest BCUT2D eigenvalue weighted by molar-refractivity contribution is 5.31. The van der Waals surface area contributed by atoms with Crippen molar-refractivity contribution in [2.24, 2.45) is 0 Å². The number of benzene rings is 1. The van der Waals surface area contributed by atoms with Gasteiger partial charge in [0.2, 0.25) is 0 Å². The molecule has 12 heavy (non-hydrogen) atoms. The Morgan fingerprint density at radius 2 is 2.08 bits per heavy atom. The number of ether oxygens (including phenoxy) is 1. The lowest BCUT2D eigenvalue weighted by atomic mass is 10.1. The van der Waals surface area contributed by atoms with Gasteiger partial charge in [-0.3, -0.25) is 0 Å². The Labute approximate surface area is 73.4 Å². The van der Waals surface area contributed by atoms with Crippen LogP contribution in [0.15, 0.2) is 24.3 Å². The average Bonchev–Trinajstić information content (AvgIpc) is 2.84. The topological polar surface area (TPSA) is 9.23 Å². The van der Waals surface area contributed by atoms with E-state index in [1.807, 2.05) is 0 Å². The van der Waals surface area contributed by atoms with Gasteiger partial charge in [-0.25, -0.2) is 0 Å². The average molecular weight is 162 g/mol. The molecule has 0 aliphatic heterocycles. The van der Waals surface area contributed by atoms with Gasteiger partial charge in [-0.05, 0) is 25.3 Å². The van der Waals surface area contributed by atoms with Crippen molar-refractivity contribution in [2.45, 2.75) is 25.4 Å². The van der Waals surface area contributed by atoms with E-state index in [2.05, 4.69) is 31.2 Å². The van der Waals surface area contributed by atoms with E-state index in [-0.39, 0.29) is 5.60 Å². The van der Waals surface area contributed by atoms with Crippen molar-refractivity contribution in [1.82, 2.24) is 0 Å². The maximum absolute atomic E-state index is 5.49. The van der Waals surface area contributed by atoms with Gasteiger partial charge in [-0.1, -0.05) is 29.8 Å². The number of rotatable bonds is 2. The van der Waals surface area contributed by atoms with E-state index in [0.717, 1.165) is 0 Å². The van der Waals surface area contributed by atoms with Crippen LogP contribution in [0.5, 0.6) is 0 Å². The molecule has 0 aromatic heterocycles. The largest absolute Gasteiger partial charge is 0.374 e. The molecular formula is C11H14O. The zero-order valence-electron chi connectivity index (χ0n) is 7.63. The van der Waals surface area contributed by atoms with Crippen LogP contribution in [0, 0.1) is 6.92 Å². The highest BCUT2D eigenvalue weighted by Gasteiger charge is 2.44. The summed E-state index contributed by atoms with van der Waals surface area (Å²) in [6.45, 7) is 2.12. The Kier molecular flexibility index (Phi) is 1.69. The van der Waals surface area contributed by atoms with Gasteiger partial charge in [-0.2, -0.15) is 0 Å². The van der Waals surface area contributed by atoms with Gasteiger partial charge in [0.1, 0.15) is 0 Å². The first-order valence-electron chi connectivity index (χ1n) is 4.39. The van der Waals surface area contributed by atoms with Crippen molar-refractivity contribution in [2.75, 3.05) is 7.11 Å². The number of methoxy groups -OCH3 is 1. The minimum atomic E-state index is 0.0754. The summed E-state index contributed by atoms with van der Waals surface area (Å²) in [5.74, 6) is 0. The van der Waals surface area contributed by atoms with Gasteiger partial charge < -0.3 is 4.74 Å². The van der Waals surface area contributed by atoms with Crippen LogP contribution < -0.4 is 0 Å². The summed E-state index contributed by atoms with van der Waals surface area (Å²) in [5.41, 5.74) is 2.73. The van der Waals surface area contributed by atoms with Crippen LogP contribution in [-0.4, -0.2) is 7.11 Å². The van der Waals surface area contributed by atoms with E-state index in [4.69, 9.17) is 4.74 Å². The van der Waals surface area contributed by atoms with Gasteiger partial charge in [-0.15, -0.1) is 0 Å². The fraction of sp³-hybridized carbons (Fsp3) is 0.455. The molecular weight excluding hydrogens is 148 g/mol. The fourth-order valence-corrected chi connectivity index (χ4v) is 1.65. The van der Waals surface area contributed by atoms with Crippen molar-refractivity contribution in [3.8, 4) is 0 Å². The van der Waals surface area contributed by atoms with Crippen LogP contribution in [0.1, 0.15) is 24.0 Å². The van der Waals surface area contributed by atoms with Gasteiger partial charge in [0, 0.05) is 7.11 Å². The molecule has 1 fully saturated rings. The van der Waals surface area contributed by atoms with Crippen molar-refractivity contribution in [3.63, 3.8) is 0 Å². The van der Waals surface area contributed by atoms with E-state index < -0.39 is 0 Å². The number of aryl methyl sites for hydroxylation is 1. The minimum absolute atomic E-state index is 0.0754. The fourth-order valence-electron chi connectivity index (χ4n) is 1.65. The summed E-state index contributed by atoms with van der Waals surface area (Å²) < 4.78 is 5.49. The van der Waals surface area contributed by atoms with Gasteiger partial charge in [0.25, 0.3) is 0 Å². The summed E-state index contributed by atoms with van der Waals surface area (Å²) in [7, 11) is 1.80. The number of hydrogen-bond donors (Lipinski definition) is 0. The lowest BCUT2D eigenvalue weighted by Crippen LogP contribution is -2.08. The molecule has 0 amide bonds. The maximum atomic E-state index is 5.49. The lowest BCUT2D eigenvalue weighted by molar-refractivity contribution is 0.0789. The Morgan fingerprint density at radius 3 is 2.58 bits per heavy atom. The first kappa shape index (κ1) is 7.81. The van der Waals surface area contributed by atoms with Crippen LogP contribution in [0.25, 0.3) is 0 Å². The molecule has 0 radical (unpaired) electrons. The molecule has 1 aromatic rings. The molecule has 0 unspecified atom stereocenters. The summed E-state index contributed by atoms with van der Waals surface area (Å²) in [5, 5.41) is 0. The second-order valence-corrected chi connectivity index (χ2v) is 3.57. The van der Waals surface area contributed by atoms with Crippen LogP contribution >= 0.6 is 0 Å². The van der Waals surface area contributed by atoms with Crippen molar-refractivity contribution in [1.29, 1.82) is 0 Å². The molecule has 0 atom stereocenters. The van der Waals surface area contributed by atoms with Crippen molar-refractivity contribution >= 4 is 0 Å². The first-order chi connectivity index (χ1) is 5.77. The third-order valence-electron chi connectivity index (χ3n) is 2.64. The van der Waals surface area contributed by atoms with Crippen LogP contribution in [0.4, 0.5) is 0 Å². The monoisotopic (exact) mass is 162 g/mol. The molecule has 0 spiro atoms. The molecule has 64 valence electrons. The SMILES string of the molecule is COC1(c2cccc(C)c2)CC1. The van der Waals surface area contributed by atoms with E-state index in [1.165, 1.54) is 24.0 Å². The maximum Gasteiger partial charge on any atom is 0.0930 e. The standard InChI is InChI=1S/C11H14O/c1-9-4-3-5-10(8-9)11(12-2)6-7-11/h3-5,8H,6-7H2,1-2H3.